The highest BCUT2D eigenvalue weighted by molar-refractivity contribution is 7.92. The number of phenols is 1. The van der Waals surface area contributed by atoms with E-state index in [1.165, 1.54) is 36.8 Å². The molecular formula is C31H32F3NO5S. The minimum Gasteiger partial charge on any atom is -0.508 e. The summed E-state index contributed by atoms with van der Waals surface area (Å²) in [6.07, 6.45) is 0.252. The highest BCUT2D eigenvalue weighted by atomic mass is 32.2. The van der Waals surface area contributed by atoms with E-state index in [9.17, 15) is 26.7 Å². The van der Waals surface area contributed by atoms with Gasteiger partial charge in [-0.2, -0.15) is 13.2 Å². The molecule has 218 valence electrons. The van der Waals surface area contributed by atoms with Crippen LogP contribution in [0.4, 0.5) is 13.2 Å². The van der Waals surface area contributed by atoms with Crippen molar-refractivity contribution >= 4 is 21.0 Å². The summed E-state index contributed by atoms with van der Waals surface area (Å²) in [5.74, 6) is 1.67. The first-order valence-electron chi connectivity index (χ1n) is 13.4. The zero-order chi connectivity index (χ0) is 29.5. The van der Waals surface area contributed by atoms with Gasteiger partial charge >= 0.3 is 5.51 Å². The van der Waals surface area contributed by atoms with Crippen LogP contribution in [0, 0.1) is 5.92 Å². The molecule has 0 saturated carbocycles. The van der Waals surface area contributed by atoms with Crippen LogP contribution in [0.1, 0.15) is 50.0 Å². The summed E-state index contributed by atoms with van der Waals surface area (Å²) in [6, 6.07) is 16.8. The van der Waals surface area contributed by atoms with Crippen LogP contribution in [-0.4, -0.2) is 49.7 Å². The Labute approximate surface area is 237 Å². The molecule has 3 aromatic rings. The van der Waals surface area contributed by atoms with Gasteiger partial charge in [0.1, 0.15) is 30.0 Å². The topological polar surface area (TPSA) is 76.1 Å². The molecule has 10 heteroatoms. The number of alkyl halides is 3. The molecule has 2 heterocycles. The van der Waals surface area contributed by atoms with Crippen LogP contribution < -0.4 is 9.47 Å². The first kappa shape index (κ1) is 29.0. The van der Waals surface area contributed by atoms with Gasteiger partial charge in [0.15, 0.2) is 0 Å². The van der Waals surface area contributed by atoms with E-state index in [1.807, 2.05) is 0 Å². The molecule has 0 amide bonds. The van der Waals surface area contributed by atoms with Crippen molar-refractivity contribution in [3.8, 4) is 17.2 Å². The Morgan fingerprint density at radius 1 is 1.07 bits per heavy atom. The Balaban J connectivity index is 1.52. The van der Waals surface area contributed by atoms with E-state index in [0.717, 1.165) is 19.2 Å². The fourth-order valence-corrected chi connectivity index (χ4v) is 6.47. The Morgan fingerprint density at radius 3 is 2.44 bits per heavy atom. The van der Waals surface area contributed by atoms with E-state index >= 15 is 0 Å². The number of allylic oxidation sites excluding steroid dienone is 1. The van der Waals surface area contributed by atoms with Gasteiger partial charge in [-0.15, -0.1) is 0 Å². The first-order chi connectivity index (χ1) is 19.4. The maximum absolute atomic E-state index is 13.7. The molecule has 0 bridgehead atoms. The van der Waals surface area contributed by atoms with E-state index in [-0.39, 0.29) is 22.9 Å². The molecule has 6 nitrogen and oxygen atoms in total. The number of fused-ring (bicyclic) bond motifs is 1. The second-order valence-corrected chi connectivity index (χ2v) is 12.7. The standard InChI is InChI=1S/C31H32F3NO5S/c1-19-14-15-35(17-19)20(2)18-39-24-11-8-22(9-12-24)30-29(21(3)26-16-23(36)10-13-27(26)40-30)25-6-4-5-7-28(25)41(37,38)31(32,33)34/h4-13,16,19-20,30,36H,14-15,17-18H2,1-3H3. The maximum atomic E-state index is 13.7. The Bertz CT molecular complexity index is 1570. The number of hydrogen-bond acceptors (Lipinski definition) is 6. The molecule has 1 saturated heterocycles. The second kappa shape index (κ2) is 11.1. The zero-order valence-corrected chi connectivity index (χ0v) is 23.8. The summed E-state index contributed by atoms with van der Waals surface area (Å²) >= 11 is 0. The number of rotatable bonds is 7. The lowest BCUT2D eigenvalue weighted by molar-refractivity contribution is -0.0436. The number of phenolic OH excluding ortho intramolecular Hbond substituents is 1. The molecule has 0 aliphatic carbocycles. The Kier molecular flexibility index (Phi) is 7.82. The van der Waals surface area contributed by atoms with Gasteiger partial charge in [0, 0.05) is 29.3 Å². The van der Waals surface area contributed by atoms with Gasteiger partial charge in [-0.3, -0.25) is 4.90 Å². The van der Waals surface area contributed by atoms with Gasteiger partial charge in [0.25, 0.3) is 9.84 Å². The number of nitrogens with zero attached hydrogens (tertiary/aromatic N) is 1. The smallest absolute Gasteiger partial charge is 0.501 e. The van der Waals surface area contributed by atoms with Crippen molar-refractivity contribution in [3.05, 3.63) is 83.4 Å². The van der Waals surface area contributed by atoms with Crippen molar-refractivity contribution in [2.45, 2.75) is 49.7 Å². The molecule has 5 rings (SSSR count). The zero-order valence-electron chi connectivity index (χ0n) is 23.0. The second-order valence-electron chi connectivity index (χ2n) is 10.8. The molecule has 2 aliphatic rings. The van der Waals surface area contributed by atoms with Crippen molar-refractivity contribution in [1.82, 2.24) is 4.90 Å². The molecule has 3 unspecified atom stereocenters. The molecule has 1 N–H and O–H groups in total. The van der Waals surface area contributed by atoms with Crippen LogP contribution in [0.5, 0.6) is 17.2 Å². The van der Waals surface area contributed by atoms with Crippen molar-refractivity contribution in [2.75, 3.05) is 19.7 Å². The van der Waals surface area contributed by atoms with Crippen molar-refractivity contribution in [1.29, 1.82) is 0 Å². The lowest BCUT2D eigenvalue weighted by Crippen LogP contribution is -2.35. The number of hydrogen-bond donors (Lipinski definition) is 1. The van der Waals surface area contributed by atoms with Crippen LogP contribution in [0.3, 0.4) is 0 Å². The monoisotopic (exact) mass is 587 g/mol. The van der Waals surface area contributed by atoms with Crippen LogP contribution in [-0.2, 0) is 9.84 Å². The number of halogens is 3. The number of sulfone groups is 1. The largest absolute Gasteiger partial charge is 0.508 e. The van der Waals surface area contributed by atoms with E-state index in [0.29, 0.717) is 40.7 Å². The highest BCUT2D eigenvalue weighted by Gasteiger charge is 2.48. The third kappa shape index (κ3) is 5.67. The number of benzene rings is 3. The maximum Gasteiger partial charge on any atom is 0.501 e. The Morgan fingerprint density at radius 2 is 1.78 bits per heavy atom. The Hall–Kier alpha value is -3.50. The molecule has 41 heavy (non-hydrogen) atoms. The summed E-state index contributed by atoms with van der Waals surface area (Å²) in [5, 5.41) is 10.1. The van der Waals surface area contributed by atoms with Crippen LogP contribution in [0.25, 0.3) is 11.1 Å². The minimum atomic E-state index is -5.67. The molecule has 0 spiro atoms. The molecule has 0 aromatic heterocycles. The van der Waals surface area contributed by atoms with Crippen molar-refractivity contribution in [2.24, 2.45) is 5.92 Å². The van der Waals surface area contributed by atoms with Gasteiger partial charge in [-0.1, -0.05) is 37.3 Å². The fourth-order valence-electron chi connectivity index (χ4n) is 5.50. The average molecular weight is 588 g/mol. The first-order valence-corrected chi connectivity index (χ1v) is 14.9. The minimum absolute atomic E-state index is 0.0557. The molecule has 0 radical (unpaired) electrons. The SMILES string of the molecule is CC1=C(c2ccccc2S(=O)(=O)C(F)(F)F)C(c2ccc(OCC(C)N3CCC(C)C3)cc2)Oc2ccc(O)cc21. The van der Waals surface area contributed by atoms with Crippen LogP contribution in [0.2, 0.25) is 0 Å². The molecule has 3 atom stereocenters. The lowest BCUT2D eigenvalue weighted by Gasteiger charge is -2.32. The van der Waals surface area contributed by atoms with Gasteiger partial charge in [0.05, 0.1) is 4.90 Å². The summed E-state index contributed by atoms with van der Waals surface area (Å²) < 4.78 is 78.6. The third-order valence-electron chi connectivity index (χ3n) is 7.80. The molecule has 1 fully saturated rings. The highest BCUT2D eigenvalue weighted by Crippen LogP contribution is 2.49. The number of ether oxygens (including phenoxy) is 2. The lowest BCUT2D eigenvalue weighted by atomic mass is 9.86. The fraction of sp³-hybridized carbons (Fsp3) is 0.355. The summed E-state index contributed by atoms with van der Waals surface area (Å²) in [4.78, 5) is 1.54. The van der Waals surface area contributed by atoms with Crippen molar-refractivity contribution in [3.63, 3.8) is 0 Å². The van der Waals surface area contributed by atoms with Gasteiger partial charge in [-0.05, 0) is 80.3 Å². The third-order valence-corrected chi connectivity index (χ3v) is 9.35. The van der Waals surface area contributed by atoms with E-state index in [2.05, 4.69) is 18.7 Å². The summed E-state index contributed by atoms with van der Waals surface area (Å²) in [6.45, 7) is 8.64. The molecular weight excluding hydrogens is 555 g/mol. The van der Waals surface area contributed by atoms with Gasteiger partial charge in [-0.25, -0.2) is 8.42 Å². The molecule has 2 aliphatic heterocycles. The quantitative estimate of drug-likeness (QED) is 0.326. The summed E-state index contributed by atoms with van der Waals surface area (Å²) in [5.41, 5.74) is -3.79. The van der Waals surface area contributed by atoms with Crippen LogP contribution >= 0.6 is 0 Å². The average Bonchev–Trinajstić information content (AvgIpc) is 3.38. The van der Waals surface area contributed by atoms with Gasteiger partial charge < -0.3 is 14.6 Å². The van der Waals surface area contributed by atoms with Crippen molar-refractivity contribution < 1.29 is 36.2 Å². The normalized spacial score (nSPS) is 20.4. The predicted octanol–water partition coefficient (Wildman–Crippen LogP) is 6.86. The molecule has 3 aromatic carbocycles. The number of aromatic hydroxyl groups is 1. The number of likely N-dealkylation sites (tertiary alicyclic amines) is 1. The van der Waals surface area contributed by atoms with E-state index in [1.54, 1.807) is 37.3 Å². The van der Waals surface area contributed by atoms with Crippen LogP contribution in [0.15, 0.2) is 71.6 Å². The van der Waals surface area contributed by atoms with Gasteiger partial charge in [0.2, 0.25) is 0 Å². The van der Waals surface area contributed by atoms with E-state index < -0.39 is 26.3 Å². The van der Waals surface area contributed by atoms with E-state index in [4.69, 9.17) is 9.47 Å². The summed E-state index contributed by atoms with van der Waals surface area (Å²) in [7, 11) is -5.67. The predicted molar refractivity (Wildman–Crippen MR) is 150 cm³/mol.